The third-order valence-corrected chi connectivity index (χ3v) is 3.44. The molecule has 0 aromatic heterocycles. The summed E-state index contributed by atoms with van der Waals surface area (Å²) in [5.74, 6) is -3.07. The van der Waals surface area contributed by atoms with Crippen molar-refractivity contribution in [2.24, 2.45) is 0 Å². The Kier molecular flexibility index (Phi) is 8.66. The van der Waals surface area contributed by atoms with Gasteiger partial charge in [0.1, 0.15) is 6.10 Å². The second-order valence-electron chi connectivity index (χ2n) is 5.68. The zero-order valence-corrected chi connectivity index (χ0v) is 15.5. The summed E-state index contributed by atoms with van der Waals surface area (Å²) in [6, 6.07) is 0. The van der Waals surface area contributed by atoms with Crippen molar-refractivity contribution < 1.29 is 47.7 Å². The maximum Gasteiger partial charge on any atom is 0.306 e. The molecule has 4 atom stereocenters. The molecule has 1 amide bonds. The maximum atomic E-state index is 11.8. The van der Waals surface area contributed by atoms with Gasteiger partial charge < -0.3 is 29.0 Å². The molecular formula is C16H23NO10. The number of hydrogen-bond acceptors (Lipinski definition) is 10. The molecule has 1 heterocycles. The number of carbonyl (C=O) groups is 5. The van der Waals surface area contributed by atoms with E-state index in [1.54, 1.807) is 0 Å². The van der Waals surface area contributed by atoms with E-state index in [4.69, 9.17) is 18.9 Å². The van der Waals surface area contributed by atoms with E-state index >= 15 is 0 Å². The SMILES string of the molecule is COC(=O)CCC(=O)NC[C@H]1OC(OC(C)=O)[C@H](OC(C)=O)[C@@H]1OC(C)=O. The van der Waals surface area contributed by atoms with Gasteiger partial charge in [-0.05, 0) is 0 Å². The molecule has 0 aromatic carbocycles. The summed E-state index contributed by atoms with van der Waals surface area (Å²) < 4.78 is 25.1. The molecule has 27 heavy (non-hydrogen) atoms. The van der Waals surface area contributed by atoms with Crippen LogP contribution in [0.5, 0.6) is 0 Å². The predicted octanol–water partition coefficient (Wildman–Crippen LogP) is -0.793. The fourth-order valence-corrected chi connectivity index (χ4v) is 2.39. The van der Waals surface area contributed by atoms with Gasteiger partial charge in [-0.15, -0.1) is 0 Å². The average Bonchev–Trinajstić information content (AvgIpc) is 2.86. The highest BCUT2D eigenvalue weighted by Crippen LogP contribution is 2.28. The maximum absolute atomic E-state index is 11.8. The van der Waals surface area contributed by atoms with Gasteiger partial charge in [0.25, 0.3) is 0 Å². The monoisotopic (exact) mass is 389 g/mol. The van der Waals surface area contributed by atoms with E-state index in [1.165, 1.54) is 7.11 Å². The fourth-order valence-electron chi connectivity index (χ4n) is 2.39. The van der Waals surface area contributed by atoms with Gasteiger partial charge in [-0.1, -0.05) is 0 Å². The molecule has 1 aliphatic rings. The number of amides is 1. The van der Waals surface area contributed by atoms with Crippen LogP contribution in [0, 0.1) is 0 Å². The third-order valence-electron chi connectivity index (χ3n) is 3.44. The zero-order valence-electron chi connectivity index (χ0n) is 15.5. The second kappa shape index (κ2) is 10.5. The first-order chi connectivity index (χ1) is 12.6. The van der Waals surface area contributed by atoms with Gasteiger partial charge >= 0.3 is 23.9 Å². The molecule has 1 rings (SSSR count). The lowest BCUT2D eigenvalue weighted by Gasteiger charge is -2.23. The standard InChI is InChI=1S/C16H23NO10/c1-8(18)24-14-11(7-17-12(21)5-6-13(22)23-4)27-16(26-10(3)20)15(14)25-9(2)19/h11,14-16H,5-7H2,1-4H3,(H,17,21)/t11-,14-,15-,16?/m1/s1. The number of ether oxygens (including phenoxy) is 5. The molecule has 1 N–H and O–H groups in total. The number of rotatable bonds is 8. The molecule has 0 saturated carbocycles. The smallest absolute Gasteiger partial charge is 0.306 e. The van der Waals surface area contributed by atoms with E-state index in [-0.39, 0.29) is 19.4 Å². The van der Waals surface area contributed by atoms with E-state index < -0.39 is 54.4 Å². The lowest BCUT2D eigenvalue weighted by Crippen LogP contribution is -2.44. The van der Waals surface area contributed by atoms with Gasteiger partial charge in [0.05, 0.1) is 13.5 Å². The Morgan fingerprint density at radius 2 is 1.41 bits per heavy atom. The van der Waals surface area contributed by atoms with Crippen LogP contribution in [0.4, 0.5) is 0 Å². The predicted molar refractivity (Wildman–Crippen MR) is 85.8 cm³/mol. The van der Waals surface area contributed by atoms with Crippen molar-refractivity contribution in [3.05, 3.63) is 0 Å². The van der Waals surface area contributed by atoms with Crippen molar-refractivity contribution in [3.8, 4) is 0 Å². The van der Waals surface area contributed by atoms with Gasteiger partial charge in [0.15, 0.2) is 6.10 Å². The summed E-state index contributed by atoms with van der Waals surface area (Å²) in [5, 5.41) is 2.51. The Balaban J connectivity index is 2.80. The van der Waals surface area contributed by atoms with Gasteiger partial charge in [-0.25, -0.2) is 0 Å². The molecular weight excluding hydrogens is 366 g/mol. The Hall–Kier alpha value is -2.69. The first kappa shape index (κ1) is 22.4. The van der Waals surface area contributed by atoms with Crippen molar-refractivity contribution in [1.29, 1.82) is 0 Å². The highest BCUT2D eigenvalue weighted by molar-refractivity contribution is 5.81. The molecule has 11 heteroatoms. The minimum Gasteiger partial charge on any atom is -0.469 e. The van der Waals surface area contributed by atoms with Gasteiger partial charge in [0.2, 0.25) is 18.3 Å². The summed E-state index contributed by atoms with van der Waals surface area (Å²) >= 11 is 0. The lowest BCUT2D eigenvalue weighted by atomic mass is 10.1. The second-order valence-corrected chi connectivity index (χ2v) is 5.68. The third kappa shape index (κ3) is 7.60. The molecule has 0 spiro atoms. The number of methoxy groups -OCH3 is 1. The van der Waals surface area contributed by atoms with E-state index in [9.17, 15) is 24.0 Å². The van der Waals surface area contributed by atoms with Gasteiger partial charge in [-0.3, -0.25) is 24.0 Å². The van der Waals surface area contributed by atoms with Gasteiger partial charge in [0, 0.05) is 33.7 Å². The summed E-state index contributed by atoms with van der Waals surface area (Å²) in [6.45, 7) is 3.29. The van der Waals surface area contributed by atoms with Crippen LogP contribution in [-0.2, 0) is 47.7 Å². The van der Waals surface area contributed by atoms with Crippen LogP contribution in [0.3, 0.4) is 0 Å². The highest BCUT2D eigenvalue weighted by Gasteiger charge is 2.51. The van der Waals surface area contributed by atoms with Crippen molar-refractivity contribution in [3.63, 3.8) is 0 Å². The van der Waals surface area contributed by atoms with Crippen LogP contribution < -0.4 is 5.32 Å². The Morgan fingerprint density at radius 1 is 0.852 bits per heavy atom. The molecule has 1 fully saturated rings. The van der Waals surface area contributed by atoms with Crippen LogP contribution in [0.2, 0.25) is 0 Å². The molecule has 152 valence electrons. The molecule has 0 radical (unpaired) electrons. The van der Waals surface area contributed by atoms with Crippen LogP contribution in [0.25, 0.3) is 0 Å². The van der Waals surface area contributed by atoms with Crippen LogP contribution in [0.15, 0.2) is 0 Å². The summed E-state index contributed by atoms with van der Waals surface area (Å²) in [4.78, 5) is 56.9. The molecule has 1 saturated heterocycles. The Labute approximate surface area is 155 Å². The first-order valence-corrected chi connectivity index (χ1v) is 8.14. The van der Waals surface area contributed by atoms with Crippen LogP contribution in [-0.4, -0.2) is 68.0 Å². The molecule has 1 aliphatic heterocycles. The van der Waals surface area contributed by atoms with Crippen molar-refractivity contribution in [1.82, 2.24) is 5.32 Å². The first-order valence-electron chi connectivity index (χ1n) is 8.14. The van der Waals surface area contributed by atoms with Crippen LogP contribution in [0.1, 0.15) is 33.6 Å². The van der Waals surface area contributed by atoms with E-state index in [2.05, 4.69) is 10.1 Å². The van der Waals surface area contributed by atoms with E-state index in [0.29, 0.717) is 0 Å². The fraction of sp³-hybridized carbons (Fsp3) is 0.688. The Morgan fingerprint density at radius 3 is 1.93 bits per heavy atom. The van der Waals surface area contributed by atoms with E-state index in [1.807, 2.05) is 0 Å². The van der Waals surface area contributed by atoms with Crippen molar-refractivity contribution in [2.75, 3.05) is 13.7 Å². The molecule has 11 nitrogen and oxygen atoms in total. The number of carbonyl (C=O) groups excluding carboxylic acids is 5. The Bertz CT molecular complexity index is 590. The van der Waals surface area contributed by atoms with Gasteiger partial charge in [-0.2, -0.15) is 0 Å². The summed E-state index contributed by atoms with van der Waals surface area (Å²) in [6.07, 6.45) is -4.74. The normalized spacial score (nSPS) is 23.9. The van der Waals surface area contributed by atoms with Crippen LogP contribution >= 0.6 is 0 Å². The topological polar surface area (TPSA) is 144 Å². The average molecular weight is 389 g/mol. The summed E-state index contributed by atoms with van der Waals surface area (Å²) in [5.41, 5.74) is 0. The number of nitrogens with one attached hydrogen (secondary N) is 1. The molecule has 1 unspecified atom stereocenters. The van der Waals surface area contributed by atoms with Crippen molar-refractivity contribution in [2.45, 2.75) is 58.2 Å². The minimum atomic E-state index is -1.30. The van der Waals surface area contributed by atoms with Crippen molar-refractivity contribution >= 4 is 29.8 Å². The molecule has 0 aliphatic carbocycles. The zero-order chi connectivity index (χ0) is 20.6. The minimum absolute atomic E-state index is 0.104. The number of hydrogen-bond donors (Lipinski definition) is 1. The largest absolute Gasteiger partial charge is 0.469 e. The summed E-state index contributed by atoms with van der Waals surface area (Å²) in [7, 11) is 1.21. The molecule has 0 bridgehead atoms. The quantitative estimate of drug-likeness (QED) is 0.414. The van der Waals surface area contributed by atoms with E-state index in [0.717, 1.165) is 20.8 Å². The lowest BCUT2D eigenvalue weighted by molar-refractivity contribution is -0.195. The number of esters is 4. The molecule has 0 aromatic rings. The highest BCUT2D eigenvalue weighted by atomic mass is 16.7.